The number of hydrogen-bond acceptors (Lipinski definition) is 4. The molecule has 290 valence electrons. The summed E-state index contributed by atoms with van der Waals surface area (Å²) in [7, 11) is 0. The average molecular weight is 793 g/mol. The highest BCUT2D eigenvalue weighted by Gasteiger charge is 2.19. The van der Waals surface area contributed by atoms with E-state index in [0.717, 1.165) is 77.7 Å². The first-order chi connectivity index (χ1) is 30.7. The maximum absolute atomic E-state index is 6.83. The average Bonchev–Trinajstić information content (AvgIpc) is 3.90. The lowest BCUT2D eigenvalue weighted by Gasteiger charge is -2.11. The molecule has 0 bridgehead atoms. The Labute approximate surface area is 357 Å². The molecule has 0 fully saturated rings. The van der Waals surface area contributed by atoms with Crippen LogP contribution in [-0.2, 0) is 0 Å². The maximum atomic E-state index is 6.83. The fraction of sp³-hybridized carbons (Fsp3) is 0. The summed E-state index contributed by atoms with van der Waals surface area (Å²) in [5.41, 5.74) is 14.7. The second-order valence-corrected chi connectivity index (χ2v) is 15.6. The van der Waals surface area contributed by atoms with Crippen molar-refractivity contribution < 1.29 is 4.42 Å². The molecule has 0 aliphatic heterocycles. The third kappa shape index (κ3) is 6.14. The van der Waals surface area contributed by atoms with E-state index in [1.807, 2.05) is 60.7 Å². The molecule has 12 aromatic rings. The summed E-state index contributed by atoms with van der Waals surface area (Å²) >= 11 is 0. The van der Waals surface area contributed by atoms with Crippen LogP contribution < -0.4 is 0 Å². The van der Waals surface area contributed by atoms with Gasteiger partial charge in [-0.25, -0.2) is 15.0 Å². The summed E-state index contributed by atoms with van der Waals surface area (Å²) in [5, 5.41) is 4.66. The van der Waals surface area contributed by atoms with Crippen LogP contribution in [0.25, 0.3) is 117 Å². The molecule has 0 radical (unpaired) electrons. The molecular weight excluding hydrogens is 757 g/mol. The van der Waals surface area contributed by atoms with Crippen molar-refractivity contribution in [2.24, 2.45) is 0 Å². The van der Waals surface area contributed by atoms with Crippen molar-refractivity contribution in [3.8, 4) is 73.2 Å². The van der Waals surface area contributed by atoms with Crippen molar-refractivity contribution in [1.29, 1.82) is 0 Å². The van der Waals surface area contributed by atoms with E-state index in [-0.39, 0.29) is 0 Å². The topological polar surface area (TPSA) is 56.7 Å². The van der Waals surface area contributed by atoms with Crippen LogP contribution in [0, 0.1) is 0 Å². The van der Waals surface area contributed by atoms with E-state index >= 15 is 0 Å². The minimum atomic E-state index is 0.638. The fourth-order valence-electron chi connectivity index (χ4n) is 8.81. The molecule has 62 heavy (non-hydrogen) atoms. The number of nitrogens with zero attached hydrogens (tertiary/aromatic N) is 4. The predicted octanol–water partition coefficient (Wildman–Crippen LogP) is 14.9. The molecular formula is C57H36N4O. The van der Waals surface area contributed by atoms with Crippen molar-refractivity contribution in [1.82, 2.24) is 19.5 Å². The molecule has 9 aromatic carbocycles. The van der Waals surface area contributed by atoms with Crippen LogP contribution >= 0.6 is 0 Å². The van der Waals surface area contributed by atoms with Crippen LogP contribution in [-0.4, -0.2) is 19.5 Å². The standard InChI is InChI=1S/C57H36N4O/c1-4-14-40(15-5-1)49-35-45(61-51-22-12-10-20-46(51)47-21-11-13-23-52(47)61)36-50-48-33-32-44(34-53(48)62-54(49)50)39-26-24-37(25-27-39)38-28-30-43(31-29-38)57-59-55(41-16-6-2-7-17-41)58-56(60-57)42-18-8-3-9-19-42/h1-36H. The van der Waals surface area contributed by atoms with E-state index in [1.165, 1.54) is 21.8 Å². The molecule has 0 saturated heterocycles. The first kappa shape index (κ1) is 35.5. The van der Waals surface area contributed by atoms with Gasteiger partial charge in [-0.1, -0.05) is 182 Å². The Hall–Kier alpha value is -8.41. The zero-order chi connectivity index (χ0) is 41.0. The molecule has 0 N–H and O–H groups in total. The molecule has 0 unspecified atom stereocenters. The van der Waals surface area contributed by atoms with E-state index in [4.69, 9.17) is 19.4 Å². The van der Waals surface area contributed by atoms with Crippen LogP contribution in [0.15, 0.2) is 223 Å². The summed E-state index contributed by atoms with van der Waals surface area (Å²) in [6.07, 6.45) is 0. The molecule has 0 atom stereocenters. The largest absolute Gasteiger partial charge is 0.455 e. The summed E-state index contributed by atoms with van der Waals surface area (Å²) < 4.78 is 9.21. The normalized spacial score (nSPS) is 11.5. The smallest absolute Gasteiger partial charge is 0.164 e. The highest BCUT2D eigenvalue weighted by molar-refractivity contribution is 6.13. The van der Waals surface area contributed by atoms with Crippen molar-refractivity contribution >= 4 is 43.7 Å². The van der Waals surface area contributed by atoms with Gasteiger partial charge in [0.1, 0.15) is 11.2 Å². The summed E-state index contributed by atoms with van der Waals surface area (Å²) in [6, 6.07) is 76.4. The Kier molecular flexibility index (Phi) is 8.42. The predicted molar refractivity (Wildman–Crippen MR) is 254 cm³/mol. The van der Waals surface area contributed by atoms with E-state index < -0.39 is 0 Å². The Bertz CT molecular complexity index is 3480. The van der Waals surface area contributed by atoms with E-state index in [1.54, 1.807) is 0 Å². The minimum Gasteiger partial charge on any atom is -0.455 e. The first-order valence-corrected chi connectivity index (χ1v) is 20.8. The fourth-order valence-corrected chi connectivity index (χ4v) is 8.81. The molecule has 0 saturated carbocycles. The quantitative estimate of drug-likeness (QED) is 0.161. The van der Waals surface area contributed by atoms with Crippen LogP contribution in [0.1, 0.15) is 0 Å². The minimum absolute atomic E-state index is 0.638. The molecule has 0 amide bonds. The van der Waals surface area contributed by atoms with Crippen molar-refractivity contribution in [3.05, 3.63) is 218 Å². The number of fused-ring (bicyclic) bond motifs is 6. The summed E-state index contributed by atoms with van der Waals surface area (Å²) in [5.74, 6) is 1.94. The van der Waals surface area contributed by atoms with Crippen molar-refractivity contribution in [2.75, 3.05) is 0 Å². The SMILES string of the molecule is c1ccc(-c2nc(-c3ccccc3)nc(-c3ccc(-c4ccc(-c5ccc6c(c5)oc5c(-c7ccccc7)cc(-n7c8ccccc8c8ccccc87)cc56)cc4)cc3)n2)cc1. The second-order valence-electron chi connectivity index (χ2n) is 15.6. The molecule has 5 nitrogen and oxygen atoms in total. The van der Waals surface area contributed by atoms with Crippen LogP contribution in [0.4, 0.5) is 0 Å². The number of aromatic nitrogens is 4. The third-order valence-electron chi connectivity index (χ3n) is 11.9. The maximum Gasteiger partial charge on any atom is 0.164 e. The van der Waals surface area contributed by atoms with Crippen molar-refractivity contribution in [2.45, 2.75) is 0 Å². The van der Waals surface area contributed by atoms with Gasteiger partial charge in [0.15, 0.2) is 17.5 Å². The Morgan fingerprint density at radius 3 is 1.26 bits per heavy atom. The zero-order valence-corrected chi connectivity index (χ0v) is 33.5. The summed E-state index contributed by atoms with van der Waals surface area (Å²) in [6.45, 7) is 0. The van der Waals surface area contributed by atoms with Crippen molar-refractivity contribution in [3.63, 3.8) is 0 Å². The van der Waals surface area contributed by atoms with E-state index in [0.29, 0.717) is 17.5 Å². The molecule has 0 aliphatic rings. The molecule has 12 rings (SSSR count). The lowest BCUT2D eigenvalue weighted by Crippen LogP contribution is -2.00. The van der Waals surface area contributed by atoms with Gasteiger partial charge in [-0.15, -0.1) is 0 Å². The van der Waals surface area contributed by atoms with Gasteiger partial charge in [-0.3, -0.25) is 0 Å². The highest BCUT2D eigenvalue weighted by atomic mass is 16.3. The zero-order valence-electron chi connectivity index (χ0n) is 33.5. The molecule has 3 aromatic heterocycles. The van der Waals surface area contributed by atoms with Gasteiger partial charge in [0.25, 0.3) is 0 Å². The molecule has 3 heterocycles. The third-order valence-corrected chi connectivity index (χ3v) is 11.9. The number of benzene rings is 9. The monoisotopic (exact) mass is 792 g/mol. The van der Waals surface area contributed by atoms with Gasteiger partial charge in [-0.2, -0.15) is 0 Å². The van der Waals surface area contributed by atoms with Crippen LogP contribution in [0.2, 0.25) is 0 Å². The number of hydrogen-bond donors (Lipinski definition) is 0. The van der Waals surface area contributed by atoms with Gasteiger partial charge in [0.2, 0.25) is 0 Å². The van der Waals surface area contributed by atoms with Crippen LogP contribution in [0.3, 0.4) is 0 Å². The van der Waals surface area contributed by atoms with E-state index in [9.17, 15) is 0 Å². The number of rotatable bonds is 7. The Morgan fingerprint density at radius 1 is 0.306 bits per heavy atom. The number of para-hydroxylation sites is 2. The molecule has 0 spiro atoms. The lowest BCUT2D eigenvalue weighted by atomic mass is 9.98. The second kappa shape index (κ2) is 14.7. The van der Waals surface area contributed by atoms with Gasteiger partial charge < -0.3 is 8.98 Å². The van der Waals surface area contributed by atoms with Gasteiger partial charge >= 0.3 is 0 Å². The molecule has 0 aliphatic carbocycles. The highest BCUT2D eigenvalue weighted by Crippen LogP contribution is 2.41. The Morgan fingerprint density at radius 2 is 0.726 bits per heavy atom. The first-order valence-electron chi connectivity index (χ1n) is 20.8. The molecule has 5 heteroatoms. The van der Waals surface area contributed by atoms with Gasteiger partial charge in [0.05, 0.1) is 11.0 Å². The van der Waals surface area contributed by atoms with Gasteiger partial charge in [-0.05, 0) is 64.2 Å². The van der Waals surface area contributed by atoms with Crippen LogP contribution in [0.5, 0.6) is 0 Å². The number of furan rings is 1. The van der Waals surface area contributed by atoms with Gasteiger partial charge in [0, 0.05) is 49.5 Å². The lowest BCUT2D eigenvalue weighted by molar-refractivity contribution is 0.670. The Balaban J connectivity index is 0.891. The summed E-state index contributed by atoms with van der Waals surface area (Å²) in [4.78, 5) is 14.7. The van der Waals surface area contributed by atoms with E-state index in [2.05, 4.69) is 162 Å².